The van der Waals surface area contributed by atoms with E-state index in [1.54, 1.807) is 26.8 Å². The Labute approximate surface area is 97.2 Å². The van der Waals surface area contributed by atoms with Gasteiger partial charge in [-0.2, -0.15) is 0 Å². The standard InChI is InChI=1S/C12H21NO3/c1-6-8-13(9-10(14)7-2)11(15)16-12(3,4)5/h6-7,10,14H,1-2,8-9H2,3-5H3/t10-/m1/s1. The van der Waals surface area contributed by atoms with Crippen LogP contribution in [-0.2, 0) is 4.74 Å². The lowest BCUT2D eigenvalue weighted by Gasteiger charge is -2.27. The average molecular weight is 227 g/mol. The van der Waals surface area contributed by atoms with Gasteiger partial charge in [0, 0.05) is 6.54 Å². The van der Waals surface area contributed by atoms with Crippen molar-refractivity contribution in [3.05, 3.63) is 25.3 Å². The van der Waals surface area contributed by atoms with Crippen LogP contribution >= 0.6 is 0 Å². The van der Waals surface area contributed by atoms with E-state index in [1.165, 1.54) is 11.0 Å². The molecule has 0 spiro atoms. The zero-order valence-electron chi connectivity index (χ0n) is 10.3. The Hall–Kier alpha value is -1.29. The van der Waals surface area contributed by atoms with Gasteiger partial charge in [-0.3, -0.25) is 0 Å². The van der Waals surface area contributed by atoms with E-state index in [1.807, 2.05) is 0 Å². The first kappa shape index (κ1) is 14.7. The van der Waals surface area contributed by atoms with Crippen molar-refractivity contribution < 1.29 is 14.6 Å². The molecule has 1 amide bonds. The highest BCUT2D eigenvalue weighted by Crippen LogP contribution is 2.10. The van der Waals surface area contributed by atoms with Crippen LogP contribution in [0.25, 0.3) is 0 Å². The van der Waals surface area contributed by atoms with Gasteiger partial charge in [0.05, 0.1) is 12.6 Å². The van der Waals surface area contributed by atoms with Crippen molar-refractivity contribution >= 4 is 6.09 Å². The third kappa shape index (κ3) is 6.24. The predicted molar refractivity (Wildman–Crippen MR) is 64.2 cm³/mol. The van der Waals surface area contributed by atoms with Crippen LogP contribution in [0.1, 0.15) is 20.8 Å². The highest BCUT2D eigenvalue weighted by atomic mass is 16.6. The molecule has 0 aromatic rings. The lowest BCUT2D eigenvalue weighted by molar-refractivity contribution is 0.0207. The van der Waals surface area contributed by atoms with Crippen molar-refractivity contribution in [1.29, 1.82) is 0 Å². The van der Waals surface area contributed by atoms with Gasteiger partial charge in [0.1, 0.15) is 5.60 Å². The summed E-state index contributed by atoms with van der Waals surface area (Å²) in [5.41, 5.74) is -0.546. The van der Waals surface area contributed by atoms with E-state index >= 15 is 0 Å². The van der Waals surface area contributed by atoms with Crippen LogP contribution in [0.3, 0.4) is 0 Å². The van der Waals surface area contributed by atoms with Crippen molar-refractivity contribution in [2.75, 3.05) is 13.1 Å². The number of carbonyl (C=O) groups is 1. The summed E-state index contributed by atoms with van der Waals surface area (Å²) in [6, 6.07) is 0. The zero-order chi connectivity index (χ0) is 12.8. The minimum Gasteiger partial charge on any atom is -0.444 e. The SMILES string of the molecule is C=CCN(C[C@H](O)C=C)C(=O)OC(C)(C)C. The number of amides is 1. The Morgan fingerprint density at radius 3 is 2.44 bits per heavy atom. The quantitative estimate of drug-likeness (QED) is 0.730. The summed E-state index contributed by atoms with van der Waals surface area (Å²) < 4.78 is 5.19. The number of carbonyl (C=O) groups excluding carboxylic acids is 1. The van der Waals surface area contributed by atoms with Gasteiger partial charge < -0.3 is 14.7 Å². The van der Waals surface area contributed by atoms with Gasteiger partial charge in [0.2, 0.25) is 0 Å². The first-order valence-electron chi connectivity index (χ1n) is 5.19. The fraction of sp³-hybridized carbons (Fsp3) is 0.583. The van der Waals surface area contributed by atoms with Gasteiger partial charge in [-0.05, 0) is 20.8 Å². The molecular formula is C12H21NO3. The number of hydrogen-bond donors (Lipinski definition) is 1. The second kappa shape index (κ2) is 6.33. The van der Waals surface area contributed by atoms with Crippen molar-refractivity contribution in [3.63, 3.8) is 0 Å². The summed E-state index contributed by atoms with van der Waals surface area (Å²) in [5.74, 6) is 0. The minimum absolute atomic E-state index is 0.157. The Morgan fingerprint density at radius 2 is 2.06 bits per heavy atom. The number of aliphatic hydroxyl groups is 1. The first-order valence-corrected chi connectivity index (χ1v) is 5.19. The molecule has 0 saturated heterocycles. The van der Waals surface area contributed by atoms with Gasteiger partial charge >= 0.3 is 6.09 Å². The number of aliphatic hydroxyl groups excluding tert-OH is 1. The Bertz CT molecular complexity index is 255. The molecule has 0 aliphatic heterocycles. The van der Waals surface area contributed by atoms with E-state index in [0.29, 0.717) is 6.54 Å². The summed E-state index contributed by atoms with van der Waals surface area (Å²) in [7, 11) is 0. The van der Waals surface area contributed by atoms with E-state index < -0.39 is 17.8 Å². The molecular weight excluding hydrogens is 206 g/mol. The summed E-state index contributed by atoms with van der Waals surface area (Å²) in [4.78, 5) is 13.1. The highest BCUT2D eigenvalue weighted by Gasteiger charge is 2.22. The molecule has 1 N–H and O–H groups in total. The molecule has 0 aliphatic rings. The molecule has 0 bridgehead atoms. The fourth-order valence-corrected chi connectivity index (χ4v) is 1.01. The molecule has 92 valence electrons. The monoisotopic (exact) mass is 227 g/mol. The maximum Gasteiger partial charge on any atom is 0.410 e. The molecule has 0 aromatic heterocycles. The van der Waals surface area contributed by atoms with Crippen LogP contribution < -0.4 is 0 Å². The lowest BCUT2D eigenvalue weighted by atomic mass is 10.2. The van der Waals surface area contributed by atoms with Crippen LogP contribution in [0.15, 0.2) is 25.3 Å². The fourth-order valence-electron chi connectivity index (χ4n) is 1.01. The second-order valence-electron chi connectivity index (χ2n) is 4.48. The highest BCUT2D eigenvalue weighted by molar-refractivity contribution is 5.68. The molecule has 0 radical (unpaired) electrons. The van der Waals surface area contributed by atoms with Crippen LogP contribution in [-0.4, -0.2) is 40.9 Å². The van der Waals surface area contributed by atoms with Crippen LogP contribution in [0.5, 0.6) is 0 Å². The molecule has 1 atom stereocenters. The molecule has 16 heavy (non-hydrogen) atoms. The third-order valence-electron chi connectivity index (χ3n) is 1.68. The van der Waals surface area contributed by atoms with Gasteiger partial charge in [0.15, 0.2) is 0 Å². The molecule has 0 fully saturated rings. The number of nitrogens with zero attached hydrogens (tertiary/aromatic N) is 1. The summed E-state index contributed by atoms with van der Waals surface area (Å²) in [6.07, 6.45) is 1.74. The summed E-state index contributed by atoms with van der Waals surface area (Å²) >= 11 is 0. The van der Waals surface area contributed by atoms with Crippen molar-refractivity contribution in [2.45, 2.75) is 32.5 Å². The molecule has 0 heterocycles. The normalized spacial score (nSPS) is 12.8. The lowest BCUT2D eigenvalue weighted by Crippen LogP contribution is -2.40. The largest absolute Gasteiger partial charge is 0.444 e. The minimum atomic E-state index is -0.757. The summed E-state index contributed by atoms with van der Waals surface area (Å²) in [5, 5.41) is 9.40. The maximum atomic E-state index is 11.7. The number of ether oxygens (including phenoxy) is 1. The third-order valence-corrected chi connectivity index (χ3v) is 1.68. The molecule has 0 saturated carbocycles. The maximum absolute atomic E-state index is 11.7. The zero-order valence-corrected chi connectivity index (χ0v) is 10.3. The van der Waals surface area contributed by atoms with E-state index in [9.17, 15) is 9.90 Å². The van der Waals surface area contributed by atoms with E-state index in [0.717, 1.165) is 0 Å². The number of hydrogen-bond acceptors (Lipinski definition) is 3. The number of rotatable bonds is 5. The smallest absolute Gasteiger partial charge is 0.410 e. The topological polar surface area (TPSA) is 49.8 Å². The first-order chi connectivity index (χ1) is 7.30. The molecule has 0 unspecified atom stereocenters. The summed E-state index contributed by atoms with van der Waals surface area (Å²) in [6.45, 7) is 12.9. The Kier molecular flexibility index (Phi) is 5.82. The Morgan fingerprint density at radius 1 is 1.50 bits per heavy atom. The van der Waals surface area contributed by atoms with Crippen molar-refractivity contribution in [3.8, 4) is 0 Å². The predicted octanol–water partition coefficient (Wildman–Crippen LogP) is 1.96. The molecule has 4 nitrogen and oxygen atoms in total. The molecule has 0 rings (SSSR count). The van der Waals surface area contributed by atoms with Crippen LogP contribution in [0.4, 0.5) is 4.79 Å². The molecule has 0 aromatic carbocycles. The second-order valence-corrected chi connectivity index (χ2v) is 4.48. The van der Waals surface area contributed by atoms with E-state index in [2.05, 4.69) is 13.2 Å². The van der Waals surface area contributed by atoms with Gasteiger partial charge in [0.25, 0.3) is 0 Å². The van der Waals surface area contributed by atoms with Crippen molar-refractivity contribution in [1.82, 2.24) is 4.90 Å². The molecule has 4 heteroatoms. The molecule has 0 aliphatic carbocycles. The van der Waals surface area contributed by atoms with Gasteiger partial charge in [-0.25, -0.2) is 4.79 Å². The van der Waals surface area contributed by atoms with E-state index in [-0.39, 0.29) is 6.54 Å². The Balaban J connectivity index is 4.46. The van der Waals surface area contributed by atoms with Gasteiger partial charge in [-0.15, -0.1) is 13.2 Å². The van der Waals surface area contributed by atoms with E-state index in [4.69, 9.17) is 4.74 Å². The van der Waals surface area contributed by atoms with Crippen molar-refractivity contribution in [2.24, 2.45) is 0 Å². The van der Waals surface area contributed by atoms with Crippen LogP contribution in [0, 0.1) is 0 Å². The van der Waals surface area contributed by atoms with Gasteiger partial charge in [-0.1, -0.05) is 12.2 Å². The van der Waals surface area contributed by atoms with Crippen LogP contribution in [0.2, 0.25) is 0 Å². The average Bonchev–Trinajstić information content (AvgIpc) is 2.14.